The Morgan fingerprint density at radius 3 is 2.86 bits per heavy atom. The Morgan fingerprint density at radius 1 is 1.45 bits per heavy atom. The van der Waals surface area contributed by atoms with Gasteiger partial charge in [-0.25, -0.2) is 4.79 Å². The van der Waals surface area contributed by atoms with Gasteiger partial charge < -0.3 is 14.4 Å². The minimum atomic E-state index is -0.425. The van der Waals surface area contributed by atoms with Gasteiger partial charge in [-0.1, -0.05) is 0 Å². The molecule has 2 aliphatic heterocycles. The Bertz CT molecular complexity index is 493. The van der Waals surface area contributed by atoms with Crippen LogP contribution in [0.25, 0.3) is 0 Å². The SMILES string of the molecule is CC(C)(C)OC(=O)N1CC2(CC([OH+]C3=CCONC=C3)C2)C1. The average molecular weight is 309 g/mol. The zero-order chi connectivity index (χ0) is 15.8. The molecule has 2 N–H and O–H groups in total. The second-order valence-electron chi connectivity index (χ2n) is 7.42. The number of hydrogen-bond acceptors (Lipinski definition) is 4. The molecule has 0 atom stereocenters. The van der Waals surface area contributed by atoms with E-state index in [4.69, 9.17) is 14.3 Å². The number of rotatable bonds is 2. The number of likely N-dealkylation sites (tertiary alicyclic amines) is 1. The Hall–Kier alpha value is -1.69. The second kappa shape index (κ2) is 5.50. The quantitative estimate of drug-likeness (QED) is 0.791. The van der Waals surface area contributed by atoms with Crippen LogP contribution in [0.5, 0.6) is 0 Å². The first-order chi connectivity index (χ1) is 10.4. The highest BCUT2D eigenvalue weighted by Gasteiger charge is 2.57. The average Bonchev–Trinajstić information content (AvgIpc) is 2.56. The van der Waals surface area contributed by atoms with Crippen molar-refractivity contribution in [1.29, 1.82) is 0 Å². The molecule has 6 nitrogen and oxygen atoms in total. The molecule has 1 saturated heterocycles. The third kappa shape index (κ3) is 3.38. The fraction of sp³-hybridized carbons (Fsp3) is 0.688. The van der Waals surface area contributed by atoms with Crippen molar-refractivity contribution in [3.8, 4) is 0 Å². The molecule has 3 aliphatic rings. The first-order valence-electron chi connectivity index (χ1n) is 7.78. The number of hydrogen-bond donors (Lipinski definition) is 1. The van der Waals surface area contributed by atoms with Crippen molar-refractivity contribution in [3.05, 3.63) is 24.1 Å². The van der Waals surface area contributed by atoms with Crippen LogP contribution in [0, 0.1) is 5.41 Å². The third-order valence-corrected chi connectivity index (χ3v) is 4.15. The lowest BCUT2D eigenvalue weighted by atomic mass is 9.62. The third-order valence-electron chi connectivity index (χ3n) is 4.15. The van der Waals surface area contributed by atoms with Gasteiger partial charge in [-0.3, -0.25) is 10.3 Å². The van der Waals surface area contributed by atoms with Gasteiger partial charge in [-0.2, -0.15) is 0 Å². The van der Waals surface area contributed by atoms with Gasteiger partial charge in [0, 0.05) is 43.6 Å². The lowest BCUT2D eigenvalue weighted by Gasteiger charge is -2.56. The van der Waals surface area contributed by atoms with Gasteiger partial charge in [0.2, 0.25) is 0 Å². The number of nitrogens with one attached hydrogen (secondary N) is 1. The van der Waals surface area contributed by atoms with Crippen LogP contribution in [0.1, 0.15) is 33.6 Å². The highest BCUT2D eigenvalue weighted by molar-refractivity contribution is 5.69. The fourth-order valence-corrected chi connectivity index (χ4v) is 3.23. The molecule has 3 rings (SSSR count). The Labute approximate surface area is 131 Å². The Morgan fingerprint density at radius 2 is 2.18 bits per heavy atom. The zero-order valence-electron chi connectivity index (χ0n) is 13.5. The number of nitrogens with zero attached hydrogens (tertiary/aromatic N) is 1. The van der Waals surface area contributed by atoms with Crippen LogP contribution in [0.2, 0.25) is 0 Å². The predicted octanol–water partition coefficient (Wildman–Crippen LogP) is 1.85. The summed E-state index contributed by atoms with van der Waals surface area (Å²) < 4.78 is 10.1. The fourth-order valence-electron chi connectivity index (χ4n) is 3.23. The van der Waals surface area contributed by atoms with Gasteiger partial charge in [0.15, 0.2) is 6.10 Å². The van der Waals surface area contributed by atoms with Crippen LogP contribution in [-0.4, -0.2) is 47.1 Å². The predicted molar refractivity (Wildman–Crippen MR) is 81.8 cm³/mol. The maximum atomic E-state index is 11.9. The maximum absolute atomic E-state index is 11.9. The number of hydroxylamine groups is 1. The Kier molecular flexibility index (Phi) is 3.80. The first kappa shape index (κ1) is 15.2. The van der Waals surface area contributed by atoms with Crippen LogP contribution in [0.4, 0.5) is 4.79 Å². The van der Waals surface area contributed by atoms with Gasteiger partial charge in [0.05, 0.1) is 6.08 Å². The van der Waals surface area contributed by atoms with E-state index in [9.17, 15) is 4.79 Å². The number of carbonyl (C=O) groups excluding carboxylic acids is 1. The highest BCUT2D eigenvalue weighted by Crippen LogP contribution is 2.49. The number of allylic oxidation sites excluding steroid dienone is 1. The van der Waals surface area contributed by atoms with Crippen molar-refractivity contribution in [3.63, 3.8) is 0 Å². The van der Waals surface area contributed by atoms with E-state index in [0.717, 1.165) is 31.7 Å². The summed E-state index contributed by atoms with van der Waals surface area (Å²) in [5.41, 5.74) is 2.56. The number of carbonyl (C=O) groups is 1. The lowest BCUT2D eigenvalue weighted by Crippen LogP contribution is -2.66. The van der Waals surface area contributed by atoms with E-state index in [1.807, 2.05) is 32.9 Å². The van der Waals surface area contributed by atoms with Crippen LogP contribution in [0.3, 0.4) is 0 Å². The lowest BCUT2D eigenvalue weighted by molar-refractivity contribution is -0.185. The smallest absolute Gasteiger partial charge is 0.410 e. The molecule has 0 aromatic heterocycles. The molecule has 0 radical (unpaired) electrons. The number of aliphatic hydroxyl groups is 2. The van der Waals surface area contributed by atoms with E-state index in [0.29, 0.717) is 12.7 Å². The van der Waals surface area contributed by atoms with E-state index in [-0.39, 0.29) is 11.5 Å². The number of ether oxygens (including phenoxy) is 2. The summed E-state index contributed by atoms with van der Waals surface area (Å²) in [7, 11) is 0. The van der Waals surface area contributed by atoms with Gasteiger partial charge in [-0.15, -0.1) is 0 Å². The van der Waals surface area contributed by atoms with Crippen molar-refractivity contribution in [1.82, 2.24) is 10.4 Å². The standard InChI is InChI=1S/C16H24N2O4/c1-15(2,3)22-14(19)18-10-16(11-18)8-13(9-16)21-12-4-6-17-20-7-5-12/h4-6,13,17H,7-11H2,1-3H3/p+1. The topological polar surface area (TPSA) is 63.6 Å². The van der Waals surface area contributed by atoms with Crippen LogP contribution in [0.15, 0.2) is 24.1 Å². The monoisotopic (exact) mass is 309 g/mol. The molecule has 0 bridgehead atoms. The van der Waals surface area contributed by atoms with Crippen molar-refractivity contribution in [2.24, 2.45) is 5.41 Å². The first-order valence-corrected chi connectivity index (χ1v) is 7.78. The zero-order valence-corrected chi connectivity index (χ0v) is 13.5. The van der Waals surface area contributed by atoms with E-state index in [1.54, 1.807) is 11.1 Å². The molecule has 0 unspecified atom stereocenters. The highest BCUT2D eigenvalue weighted by atomic mass is 16.6. The largest absolute Gasteiger partial charge is 0.581 e. The molecule has 1 aliphatic carbocycles. The number of amides is 1. The summed E-state index contributed by atoms with van der Waals surface area (Å²) in [6, 6.07) is 0. The van der Waals surface area contributed by atoms with Crippen LogP contribution < -0.4 is 5.48 Å². The van der Waals surface area contributed by atoms with Gasteiger partial charge in [0.25, 0.3) is 5.76 Å². The molecule has 1 spiro atoms. The maximum Gasteiger partial charge on any atom is 0.410 e. The van der Waals surface area contributed by atoms with Crippen molar-refractivity contribution in [2.45, 2.75) is 45.3 Å². The van der Waals surface area contributed by atoms with Crippen molar-refractivity contribution >= 4 is 6.09 Å². The summed E-state index contributed by atoms with van der Waals surface area (Å²) in [4.78, 5) is 18.8. The molecule has 1 amide bonds. The summed E-state index contributed by atoms with van der Waals surface area (Å²) in [5.74, 6) is 0.966. The second-order valence-corrected chi connectivity index (χ2v) is 7.42. The van der Waals surface area contributed by atoms with Gasteiger partial charge >= 0.3 is 6.09 Å². The Balaban J connectivity index is 1.41. The van der Waals surface area contributed by atoms with E-state index >= 15 is 0 Å². The van der Waals surface area contributed by atoms with Gasteiger partial charge in [0.1, 0.15) is 12.2 Å². The van der Waals surface area contributed by atoms with Crippen molar-refractivity contribution < 1.29 is 19.1 Å². The molecule has 122 valence electrons. The summed E-state index contributed by atoms with van der Waals surface area (Å²) >= 11 is 0. The van der Waals surface area contributed by atoms with Gasteiger partial charge in [-0.05, 0) is 20.8 Å². The molecule has 6 heteroatoms. The molecule has 0 aromatic carbocycles. The van der Waals surface area contributed by atoms with E-state index < -0.39 is 5.60 Å². The summed E-state index contributed by atoms with van der Waals surface area (Å²) in [6.45, 7) is 7.80. The minimum absolute atomic E-state index is 0.198. The molecule has 1 saturated carbocycles. The molecule has 2 heterocycles. The summed E-state index contributed by atoms with van der Waals surface area (Å²) in [6.07, 6.45) is 7.90. The minimum Gasteiger partial charge on any atom is -0.581 e. The molecule has 0 aromatic rings. The van der Waals surface area contributed by atoms with E-state index in [1.165, 1.54) is 0 Å². The van der Waals surface area contributed by atoms with Crippen LogP contribution in [-0.2, 0) is 9.57 Å². The molecular weight excluding hydrogens is 284 g/mol. The molecular formula is C16H25N2O4+. The molecule has 22 heavy (non-hydrogen) atoms. The normalized spacial score (nSPS) is 23.8. The molecule has 2 fully saturated rings. The van der Waals surface area contributed by atoms with E-state index in [2.05, 4.69) is 5.48 Å². The van der Waals surface area contributed by atoms with Crippen molar-refractivity contribution in [2.75, 3.05) is 19.7 Å². The van der Waals surface area contributed by atoms with Crippen LogP contribution >= 0.6 is 0 Å². The summed E-state index contributed by atoms with van der Waals surface area (Å²) in [5, 5.41) is 0.